The molecule has 0 spiro atoms. The number of pyridine rings is 1. The quantitative estimate of drug-likeness (QED) is 0.655. The van der Waals surface area contributed by atoms with E-state index >= 15 is 0 Å². The number of hydrogen-bond acceptors (Lipinski definition) is 4. The molecule has 0 amide bonds. The Labute approximate surface area is 120 Å². The third-order valence-corrected chi connectivity index (χ3v) is 4.59. The largest absolute Gasteiger partial charge is 0.271 e. The molecular formula is C13H16BrN3S. The van der Waals surface area contributed by atoms with Gasteiger partial charge < -0.3 is 0 Å². The first kappa shape index (κ1) is 13.7. The van der Waals surface area contributed by atoms with Gasteiger partial charge in [-0.05, 0) is 46.6 Å². The van der Waals surface area contributed by atoms with Crippen LogP contribution >= 0.6 is 27.3 Å². The number of nitrogens with two attached hydrogens (primary N) is 1. The lowest BCUT2D eigenvalue weighted by molar-refractivity contribution is 0.554. The summed E-state index contributed by atoms with van der Waals surface area (Å²) in [6.45, 7) is 2.16. The summed E-state index contributed by atoms with van der Waals surface area (Å²) in [5.41, 5.74) is 3.91. The minimum Gasteiger partial charge on any atom is -0.271 e. The van der Waals surface area contributed by atoms with Crippen molar-refractivity contribution in [1.29, 1.82) is 0 Å². The molecule has 2 rings (SSSR count). The maximum absolute atomic E-state index is 5.65. The first-order chi connectivity index (χ1) is 8.72. The Morgan fingerprint density at radius 1 is 1.39 bits per heavy atom. The van der Waals surface area contributed by atoms with E-state index in [0.29, 0.717) is 0 Å². The van der Waals surface area contributed by atoms with E-state index in [1.807, 2.05) is 29.7 Å². The van der Waals surface area contributed by atoms with Crippen LogP contribution in [-0.2, 0) is 12.8 Å². The second-order valence-corrected chi connectivity index (χ2v) is 6.16. The fraction of sp³-hybridized carbons (Fsp3) is 0.308. The van der Waals surface area contributed by atoms with E-state index in [1.165, 1.54) is 9.75 Å². The molecule has 0 aliphatic carbocycles. The fourth-order valence-corrected chi connectivity index (χ4v) is 3.00. The minimum atomic E-state index is 0.129. The SMILES string of the molecule is CCc1ccc(C(Cc2ccc(Br)cn2)NN)s1. The number of nitrogens with zero attached hydrogens (tertiary/aromatic N) is 1. The number of thiophene rings is 1. The highest BCUT2D eigenvalue weighted by Crippen LogP contribution is 2.25. The predicted molar refractivity (Wildman–Crippen MR) is 79.4 cm³/mol. The van der Waals surface area contributed by atoms with Crippen molar-refractivity contribution in [1.82, 2.24) is 10.4 Å². The summed E-state index contributed by atoms with van der Waals surface area (Å²) in [7, 11) is 0. The number of aryl methyl sites for hydroxylation is 1. The van der Waals surface area contributed by atoms with E-state index in [0.717, 1.165) is 23.0 Å². The van der Waals surface area contributed by atoms with Crippen LogP contribution in [0.5, 0.6) is 0 Å². The Morgan fingerprint density at radius 2 is 2.22 bits per heavy atom. The maximum atomic E-state index is 5.65. The molecule has 2 heterocycles. The Balaban J connectivity index is 2.11. The van der Waals surface area contributed by atoms with Crippen LogP contribution in [0.1, 0.15) is 28.4 Å². The van der Waals surface area contributed by atoms with Crippen LogP contribution in [0.25, 0.3) is 0 Å². The highest BCUT2D eigenvalue weighted by atomic mass is 79.9. The molecule has 0 aliphatic heterocycles. The summed E-state index contributed by atoms with van der Waals surface area (Å²) < 4.78 is 0.993. The van der Waals surface area contributed by atoms with Crippen molar-refractivity contribution in [3.05, 3.63) is 50.4 Å². The molecule has 0 radical (unpaired) electrons. The van der Waals surface area contributed by atoms with Gasteiger partial charge in [-0.15, -0.1) is 11.3 Å². The number of hydrazine groups is 1. The molecule has 2 aromatic rings. The van der Waals surface area contributed by atoms with Crippen molar-refractivity contribution in [2.24, 2.45) is 5.84 Å². The molecule has 0 aliphatic rings. The Hall–Kier alpha value is -0.750. The minimum absolute atomic E-state index is 0.129. The van der Waals surface area contributed by atoms with Crippen LogP contribution in [-0.4, -0.2) is 4.98 Å². The molecule has 3 N–H and O–H groups in total. The molecule has 96 valence electrons. The lowest BCUT2D eigenvalue weighted by Crippen LogP contribution is -2.29. The standard InChI is InChI=1S/C13H16BrN3S/c1-2-11-5-6-13(18-11)12(17-15)7-10-4-3-9(14)8-16-10/h3-6,8,12,17H,2,7,15H2,1H3. The van der Waals surface area contributed by atoms with Crippen LogP contribution in [0.15, 0.2) is 34.9 Å². The van der Waals surface area contributed by atoms with Crippen LogP contribution in [0, 0.1) is 0 Å². The van der Waals surface area contributed by atoms with E-state index in [9.17, 15) is 0 Å². The van der Waals surface area contributed by atoms with Gasteiger partial charge in [0.1, 0.15) is 0 Å². The monoisotopic (exact) mass is 325 g/mol. The molecule has 2 aromatic heterocycles. The second kappa shape index (κ2) is 6.43. The second-order valence-electron chi connectivity index (χ2n) is 4.05. The summed E-state index contributed by atoms with van der Waals surface area (Å²) in [6.07, 6.45) is 3.68. The summed E-state index contributed by atoms with van der Waals surface area (Å²) in [5, 5.41) is 0. The van der Waals surface area contributed by atoms with Crippen molar-refractivity contribution in [3.8, 4) is 0 Å². The highest BCUT2D eigenvalue weighted by molar-refractivity contribution is 9.10. The van der Waals surface area contributed by atoms with E-state index in [4.69, 9.17) is 5.84 Å². The van der Waals surface area contributed by atoms with Gasteiger partial charge in [-0.2, -0.15) is 0 Å². The summed E-state index contributed by atoms with van der Waals surface area (Å²) in [4.78, 5) is 7.03. The van der Waals surface area contributed by atoms with Gasteiger partial charge in [-0.3, -0.25) is 16.3 Å². The number of aromatic nitrogens is 1. The molecule has 0 aromatic carbocycles. The van der Waals surface area contributed by atoms with Crippen LogP contribution < -0.4 is 11.3 Å². The summed E-state index contributed by atoms with van der Waals surface area (Å²) in [5.74, 6) is 5.65. The number of nitrogens with one attached hydrogen (secondary N) is 1. The smallest absolute Gasteiger partial charge is 0.0608 e. The van der Waals surface area contributed by atoms with Gasteiger partial charge in [0.2, 0.25) is 0 Å². The zero-order chi connectivity index (χ0) is 13.0. The van der Waals surface area contributed by atoms with E-state index in [1.54, 1.807) is 0 Å². The van der Waals surface area contributed by atoms with Gasteiger partial charge in [-0.1, -0.05) is 6.92 Å². The highest BCUT2D eigenvalue weighted by Gasteiger charge is 2.13. The van der Waals surface area contributed by atoms with Crippen LogP contribution in [0.3, 0.4) is 0 Å². The van der Waals surface area contributed by atoms with Crippen LogP contribution in [0.4, 0.5) is 0 Å². The molecule has 1 unspecified atom stereocenters. The Bertz CT molecular complexity index is 495. The lowest BCUT2D eigenvalue weighted by Gasteiger charge is -2.13. The van der Waals surface area contributed by atoms with E-state index < -0.39 is 0 Å². The summed E-state index contributed by atoms with van der Waals surface area (Å²) >= 11 is 5.19. The van der Waals surface area contributed by atoms with Crippen LogP contribution in [0.2, 0.25) is 0 Å². The number of rotatable bonds is 5. The lowest BCUT2D eigenvalue weighted by atomic mass is 10.1. The van der Waals surface area contributed by atoms with Crippen molar-refractivity contribution < 1.29 is 0 Å². The van der Waals surface area contributed by atoms with Gasteiger partial charge >= 0.3 is 0 Å². The Morgan fingerprint density at radius 3 is 2.78 bits per heavy atom. The molecule has 5 heteroatoms. The van der Waals surface area contributed by atoms with Gasteiger partial charge in [0.15, 0.2) is 0 Å². The topological polar surface area (TPSA) is 50.9 Å². The molecule has 0 saturated heterocycles. The summed E-state index contributed by atoms with van der Waals surface area (Å²) in [6, 6.07) is 8.46. The molecule has 1 atom stereocenters. The van der Waals surface area contributed by atoms with Gasteiger partial charge in [0, 0.05) is 32.5 Å². The molecule has 0 fully saturated rings. The Kier molecular flexibility index (Phi) is 4.88. The van der Waals surface area contributed by atoms with Crippen molar-refractivity contribution in [3.63, 3.8) is 0 Å². The van der Waals surface area contributed by atoms with Crippen molar-refractivity contribution in [2.45, 2.75) is 25.8 Å². The third kappa shape index (κ3) is 3.38. The first-order valence-corrected chi connectivity index (χ1v) is 7.49. The third-order valence-electron chi connectivity index (χ3n) is 2.78. The first-order valence-electron chi connectivity index (χ1n) is 5.88. The average molecular weight is 326 g/mol. The normalized spacial score (nSPS) is 12.6. The van der Waals surface area contributed by atoms with E-state index in [2.05, 4.69) is 45.4 Å². The number of halogens is 1. The zero-order valence-corrected chi connectivity index (χ0v) is 12.6. The molecule has 0 bridgehead atoms. The van der Waals surface area contributed by atoms with Gasteiger partial charge in [0.05, 0.1) is 6.04 Å². The zero-order valence-electron chi connectivity index (χ0n) is 10.2. The maximum Gasteiger partial charge on any atom is 0.0608 e. The van der Waals surface area contributed by atoms with Gasteiger partial charge in [0.25, 0.3) is 0 Å². The molecule has 0 saturated carbocycles. The average Bonchev–Trinajstić information content (AvgIpc) is 2.87. The number of hydrogen-bond donors (Lipinski definition) is 2. The fourth-order valence-electron chi connectivity index (χ4n) is 1.75. The van der Waals surface area contributed by atoms with Crippen molar-refractivity contribution in [2.75, 3.05) is 0 Å². The molecular weight excluding hydrogens is 310 g/mol. The van der Waals surface area contributed by atoms with Gasteiger partial charge in [-0.25, -0.2) is 0 Å². The van der Waals surface area contributed by atoms with Crippen molar-refractivity contribution >= 4 is 27.3 Å². The van der Waals surface area contributed by atoms with E-state index in [-0.39, 0.29) is 6.04 Å². The molecule has 18 heavy (non-hydrogen) atoms. The predicted octanol–water partition coefficient (Wildman–Crippen LogP) is 3.22. The molecule has 3 nitrogen and oxygen atoms in total.